The van der Waals surface area contributed by atoms with E-state index in [1.807, 2.05) is 12.4 Å². The van der Waals surface area contributed by atoms with Crippen molar-refractivity contribution in [1.82, 2.24) is 15.6 Å². The molecule has 4 nitrogen and oxygen atoms in total. The summed E-state index contributed by atoms with van der Waals surface area (Å²) in [6, 6.07) is 0. The van der Waals surface area contributed by atoms with Crippen molar-refractivity contribution in [1.29, 1.82) is 0 Å². The van der Waals surface area contributed by atoms with Crippen LogP contribution in [-0.4, -0.2) is 31.0 Å². The fourth-order valence-electron chi connectivity index (χ4n) is 1.25. The first-order chi connectivity index (χ1) is 7.63. The van der Waals surface area contributed by atoms with Gasteiger partial charge in [-0.05, 0) is 13.0 Å². The smallest absolute Gasteiger partial charge is 0.270 e. The maximum absolute atomic E-state index is 11.6. The highest BCUT2D eigenvalue weighted by molar-refractivity contribution is 7.09. The van der Waals surface area contributed by atoms with Gasteiger partial charge in [0.05, 0.1) is 5.01 Å². The Bertz CT molecular complexity index is 345. The van der Waals surface area contributed by atoms with Gasteiger partial charge in [-0.15, -0.1) is 36.2 Å². The fourth-order valence-corrected chi connectivity index (χ4v) is 2.24. The van der Waals surface area contributed by atoms with E-state index in [0.29, 0.717) is 18.2 Å². The van der Waals surface area contributed by atoms with Crippen molar-refractivity contribution in [3.05, 3.63) is 16.1 Å². The topological polar surface area (TPSA) is 54.0 Å². The van der Waals surface area contributed by atoms with Crippen LogP contribution in [0.1, 0.15) is 29.3 Å². The van der Waals surface area contributed by atoms with Gasteiger partial charge in [0.1, 0.15) is 5.69 Å². The van der Waals surface area contributed by atoms with Crippen molar-refractivity contribution in [3.8, 4) is 0 Å². The van der Waals surface area contributed by atoms with E-state index in [4.69, 9.17) is 0 Å². The highest BCUT2D eigenvalue weighted by atomic mass is 35.5. The summed E-state index contributed by atoms with van der Waals surface area (Å²) in [5.74, 6) is 0.493. The van der Waals surface area contributed by atoms with Crippen LogP contribution in [0.2, 0.25) is 0 Å². The Morgan fingerprint density at radius 2 is 2.06 bits per heavy atom. The van der Waals surface area contributed by atoms with Crippen LogP contribution < -0.4 is 10.6 Å². The van der Waals surface area contributed by atoms with E-state index in [1.165, 1.54) is 0 Å². The first-order valence-electron chi connectivity index (χ1n) is 5.50. The SMILES string of the molecule is CNCCNC(=O)c1csc(CC(C)C)n1.Cl.Cl. The molecule has 1 aromatic rings. The van der Waals surface area contributed by atoms with E-state index < -0.39 is 0 Å². The Morgan fingerprint density at radius 1 is 1.39 bits per heavy atom. The number of thiazole rings is 1. The number of aromatic nitrogens is 1. The lowest BCUT2D eigenvalue weighted by Gasteiger charge is -2.02. The van der Waals surface area contributed by atoms with Gasteiger partial charge in [0, 0.05) is 24.9 Å². The lowest BCUT2D eigenvalue weighted by molar-refractivity contribution is 0.0949. The second-order valence-corrected chi connectivity index (χ2v) is 5.03. The number of nitrogens with zero attached hydrogens (tertiary/aromatic N) is 1. The summed E-state index contributed by atoms with van der Waals surface area (Å²) in [7, 11) is 1.86. The Balaban J connectivity index is 0. The van der Waals surface area contributed by atoms with Gasteiger partial charge in [-0.25, -0.2) is 4.98 Å². The molecule has 1 rings (SSSR count). The fraction of sp³-hybridized carbons (Fsp3) is 0.636. The lowest BCUT2D eigenvalue weighted by Crippen LogP contribution is -2.30. The van der Waals surface area contributed by atoms with Crippen LogP contribution in [0.3, 0.4) is 0 Å². The van der Waals surface area contributed by atoms with Crippen LogP contribution >= 0.6 is 36.2 Å². The van der Waals surface area contributed by atoms with Crippen LogP contribution in [-0.2, 0) is 6.42 Å². The molecule has 0 radical (unpaired) electrons. The largest absolute Gasteiger partial charge is 0.349 e. The number of hydrogen-bond acceptors (Lipinski definition) is 4. The molecular weight excluding hydrogens is 293 g/mol. The van der Waals surface area contributed by atoms with E-state index in [-0.39, 0.29) is 30.7 Å². The molecule has 1 aromatic heterocycles. The monoisotopic (exact) mass is 313 g/mol. The minimum atomic E-state index is -0.0819. The lowest BCUT2D eigenvalue weighted by atomic mass is 10.1. The summed E-state index contributed by atoms with van der Waals surface area (Å²) in [6.07, 6.45) is 0.939. The van der Waals surface area contributed by atoms with Gasteiger partial charge >= 0.3 is 0 Å². The third-order valence-corrected chi connectivity index (χ3v) is 2.90. The molecular formula is C11H21Cl2N3OS. The maximum Gasteiger partial charge on any atom is 0.270 e. The van der Waals surface area contributed by atoms with E-state index in [2.05, 4.69) is 29.5 Å². The normalized spacial score (nSPS) is 9.56. The Hall–Kier alpha value is -0.360. The average molecular weight is 314 g/mol. The third-order valence-electron chi connectivity index (χ3n) is 2.03. The number of likely N-dealkylation sites (N-methyl/N-ethyl adjacent to an activating group) is 1. The van der Waals surface area contributed by atoms with Gasteiger partial charge < -0.3 is 10.6 Å². The number of amides is 1. The molecule has 0 saturated heterocycles. The second kappa shape index (κ2) is 10.6. The second-order valence-electron chi connectivity index (χ2n) is 4.08. The molecule has 0 unspecified atom stereocenters. The molecule has 7 heteroatoms. The zero-order valence-corrected chi connectivity index (χ0v) is 13.3. The zero-order chi connectivity index (χ0) is 12.0. The Morgan fingerprint density at radius 3 is 2.61 bits per heavy atom. The standard InChI is InChI=1S/C11H19N3OS.2ClH/c1-8(2)6-10-14-9(7-16-10)11(15)13-5-4-12-3;;/h7-8,12H,4-6H2,1-3H3,(H,13,15);2*1H. The molecule has 0 atom stereocenters. The van der Waals surface area contributed by atoms with Gasteiger partial charge in [-0.1, -0.05) is 13.8 Å². The summed E-state index contributed by atoms with van der Waals surface area (Å²) in [4.78, 5) is 15.9. The molecule has 0 spiro atoms. The highest BCUT2D eigenvalue weighted by Gasteiger charge is 2.10. The van der Waals surface area contributed by atoms with Gasteiger partial charge in [-0.3, -0.25) is 4.79 Å². The van der Waals surface area contributed by atoms with E-state index >= 15 is 0 Å². The van der Waals surface area contributed by atoms with Crippen LogP contribution in [0.4, 0.5) is 0 Å². The summed E-state index contributed by atoms with van der Waals surface area (Å²) < 4.78 is 0. The zero-order valence-electron chi connectivity index (χ0n) is 10.9. The van der Waals surface area contributed by atoms with Crippen LogP contribution in [0.5, 0.6) is 0 Å². The molecule has 0 fully saturated rings. The van der Waals surface area contributed by atoms with Gasteiger partial charge in [0.2, 0.25) is 0 Å². The van der Waals surface area contributed by atoms with Gasteiger partial charge in [0.15, 0.2) is 0 Å². The van der Waals surface area contributed by atoms with Crippen molar-refractivity contribution in [2.45, 2.75) is 20.3 Å². The predicted molar refractivity (Wildman–Crippen MR) is 81.4 cm³/mol. The Kier molecular flexibility index (Phi) is 11.7. The number of carbonyl (C=O) groups excluding carboxylic acids is 1. The molecule has 2 N–H and O–H groups in total. The number of halogens is 2. The quantitative estimate of drug-likeness (QED) is 0.791. The average Bonchev–Trinajstić information content (AvgIpc) is 2.65. The first-order valence-corrected chi connectivity index (χ1v) is 6.38. The third kappa shape index (κ3) is 7.16. The summed E-state index contributed by atoms with van der Waals surface area (Å²) in [6.45, 7) is 5.70. The number of rotatable bonds is 6. The van der Waals surface area contributed by atoms with Crippen LogP contribution in [0, 0.1) is 5.92 Å². The summed E-state index contributed by atoms with van der Waals surface area (Å²) in [5, 5.41) is 8.64. The number of carbonyl (C=O) groups is 1. The van der Waals surface area contributed by atoms with Crippen LogP contribution in [0.25, 0.3) is 0 Å². The van der Waals surface area contributed by atoms with Crippen molar-refractivity contribution in [3.63, 3.8) is 0 Å². The minimum absolute atomic E-state index is 0. The highest BCUT2D eigenvalue weighted by Crippen LogP contribution is 2.13. The van der Waals surface area contributed by atoms with E-state index in [0.717, 1.165) is 18.0 Å². The molecule has 0 aromatic carbocycles. The molecule has 0 aliphatic rings. The van der Waals surface area contributed by atoms with Crippen LogP contribution in [0.15, 0.2) is 5.38 Å². The maximum atomic E-state index is 11.6. The number of hydrogen-bond donors (Lipinski definition) is 2. The molecule has 106 valence electrons. The van der Waals surface area contributed by atoms with Gasteiger partial charge in [0.25, 0.3) is 5.91 Å². The molecule has 0 bridgehead atoms. The van der Waals surface area contributed by atoms with Crippen molar-refractivity contribution in [2.75, 3.05) is 20.1 Å². The molecule has 0 aliphatic carbocycles. The summed E-state index contributed by atoms with van der Waals surface area (Å²) in [5.41, 5.74) is 0.539. The number of nitrogens with one attached hydrogen (secondary N) is 2. The van der Waals surface area contributed by atoms with Gasteiger partial charge in [-0.2, -0.15) is 0 Å². The van der Waals surface area contributed by atoms with Crippen molar-refractivity contribution < 1.29 is 4.79 Å². The van der Waals surface area contributed by atoms with E-state index in [1.54, 1.807) is 11.3 Å². The summed E-state index contributed by atoms with van der Waals surface area (Å²) >= 11 is 1.56. The minimum Gasteiger partial charge on any atom is -0.349 e. The van der Waals surface area contributed by atoms with Crippen molar-refractivity contribution >= 4 is 42.1 Å². The molecule has 0 aliphatic heterocycles. The predicted octanol–water partition coefficient (Wildman–Crippen LogP) is 2.13. The Labute approximate surface area is 125 Å². The van der Waals surface area contributed by atoms with E-state index in [9.17, 15) is 4.79 Å². The molecule has 18 heavy (non-hydrogen) atoms. The first kappa shape index (κ1) is 20.0. The van der Waals surface area contributed by atoms with Crippen molar-refractivity contribution in [2.24, 2.45) is 5.92 Å². The molecule has 1 amide bonds. The molecule has 0 saturated carbocycles. The molecule has 1 heterocycles.